The van der Waals surface area contributed by atoms with Crippen LogP contribution in [0.1, 0.15) is 11.1 Å². The summed E-state index contributed by atoms with van der Waals surface area (Å²) in [5.41, 5.74) is 2.40. The van der Waals surface area contributed by atoms with E-state index in [4.69, 9.17) is 0 Å². The number of carbonyl (C=O) groups is 1. The Morgan fingerprint density at radius 3 is 2.63 bits per heavy atom. The van der Waals surface area contributed by atoms with Crippen molar-refractivity contribution in [3.63, 3.8) is 0 Å². The Hall–Kier alpha value is -3.12. The molecule has 2 aromatic heterocycles. The van der Waals surface area contributed by atoms with E-state index in [0.717, 1.165) is 15.8 Å². The van der Waals surface area contributed by atoms with Crippen molar-refractivity contribution in [1.82, 2.24) is 9.97 Å². The number of amides is 1. The average molecular weight is 377 g/mol. The van der Waals surface area contributed by atoms with Crippen molar-refractivity contribution < 1.29 is 9.18 Å². The molecule has 0 aliphatic carbocycles. The number of anilines is 1. The normalized spacial score (nSPS) is 10.9. The van der Waals surface area contributed by atoms with E-state index in [1.165, 1.54) is 23.5 Å². The molecule has 0 bridgehead atoms. The Morgan fingerprint density at radius 1 is 1.04 bits per heavy atom. The molecule has 0 fully saturated rings. The monoisotopic (exact) mass is 377 g/mol. The van der Waals surface area contributed by atoms with Crippen LogP contribution in [0, 0.1) is 5.82 Å². The van der Waals surface area contributed by atoms with Gasteiger partial charge in [0.1, 0.15) is 5.82 Å². The van der Waals surface area contributed by atoms with Crippen molar-refractivity contribution in [2.45, 2.75) is 13.0 Å². The number of aromatic nitrogens is 2. The van der Waals surface area contributed by atoms with Gasteiger partial charge in [-0.25, -0.2) is 9.37 Å². The fourth-order valence-corrected chi connectivity index (χ4v) is 3.77. The molecule has 6 heteroatoms. The summed E-state index contributed by atoms with van der Waals surface area (Å²) in [6, 6.07) is 17.8. The first-order valence-electron chi connectivity index (χ1n) is 8.48. The number of hydrogen-bond donors (Lipinski definition) is 0. The third kappa shape index (κ3) is 4.01. The minimum Gasteiger partial charge on any atom is -0.283 e. The summed E-state index contributed by atoms with van der Waals surface area (Å²) in [6.45, 7) is 0.363. The van der Waals surface area contributed by atoms with E-state index in [0.29, 0.717) is 17.2 Å². The summed E-state index contributed by atoms with van der Waals surface area (Å²) in [6.07, 6.45) is 3.70. The van der Waals surface area contributed by atoms with Crippen LogP contribution in [-0.2, 0) is 17.8 Å². The van der Waals surface area contributed by atoms with Crippen LogP contribution in [0.4, 0.5) is 9.52 Å². The number of fused-ring (bicyclic) bond motifs is 1. The SMILES string of the molecule is O=C(Cc1ccccc1)N(Cc1cccnc1)c1nc2cc(F)ccc2s1. The maximum absolute atomic E-state index is 13.5. The number of benzene rings is 2. The molecular formula is C21H16FN3OS. The zero-order valence-corrected chi connectivity index (χ0v) is 15.2. The molecule has 0 unspecified atom stereocenters. The maximum atomic E-state index is 13.5. The number of hydrogen-bond acceptors (Lipinski definition) is 4. The quantitative estimate of drug-likeness (QED) is 0.510. The van der Waals surface area contributed by atoms with Gasteiger partial charge in [0.15, 0.2) is 5.13 Å². The molecule has 0 saturated carbocycles. The van der Waals surface area contributed by atoms with Gasteiger partial charge < -0.3 is 0 Å². The number of rotatable bonds is 5. The van der Waals surface area contributed by atoms with Crippen LogP contribution in [0.5, 0.6) is 0 Å². The van der Waals surface area contributed by atoms with Gasteiger partial charge in [0.2, 0.25) is 5.91 Å². The predicted octanol–water partition coefficient (Wildman–Crippen LogP) is 4.61. The molecule has 0 N–H and O–H groups in total. The van der Waals surface area contributed by atoms with Crippen LogP contribution in [0.3, 0.4) is 0 Å². The molecule has 0 aliphatic rings. The number of thiazole rings is 1. The number of pyridine rings is 1. The van der Waals surface area contributed by atoms with E-state index < -0.39 is 0 Å². The van der Waals surface area contributed by atoms with Crippen molar-refractivity contribution >= 4 is 32.6 Å². The Labute approximate surface area is 159 Å². The van der Waals surface area contributed by atoms with E-state index in [1.807, 2.05) is 42.5 Å². The summed E-state index contributed by atoms with van der Waals surface area (Å²) in [5.74, 6) is -0.404. The van der Waals surface area contributed by atoms with Crippen molar-refractivity contribution in [1.29, 1.82) is 0 Å². The molecule has 1 amide bonds. The van der Waals surface area contributed by atoms with Crippen LogP contribution in [0.2, 0.25) is 0 Å². The molecular weight excluding hydrogens is 361 g/mol. The third-order valence-electron chi connectivity index (χ3n) is 4.13. The van der Waals surface area contributed by atoms with Gasteiger partial charge in [-0.15, -0.1) is 0 Å². The second-order valence-electron chi connectivity index (χ2n) is 6.11. The molecule has 4 aromatic rings. The highest BCUT2D eigenvalue weighted by Gasteiger charge is 2.20. The molecule has 134 valence electrons. The average Bonchev–Trinajstić information content (AvgIpc) is 3.10. The predicted molar refractivity (Wildman–Crippen MR) is 105 cm³/mol. The van der Waals surface area contributed by atoms with E-state index in [9.17, 15) is 9.18 Å². The number of carbonyl (C=O) groups excluding carboxylic acids is 1. The summed E-state index contributed by atoms with van der Waals surface area (Å²) in [5, 5.41) is 0.556. The highest BCUT2D eigenvalue weighted by atomic mass is 32.1. The highest BCUT2D eigenvalue weighted by molar-refractivity contribution is 7.22. The van der Waals surface area contributed by atoms with Gasteiger partial charge in [-0.3, -0.25) is 14.7 Å². The zero-order valence-electron chi connectivity index (χ0n) is 14.4. The topological polar surface area (TPSA) is 46.1 Å². The smallest absolute Gasteiger partial charge is 0.233 e. The Kier molecular flexibility index (Phi) is 4.89. The summed E-state index contributed by atoms with van der Waals surface area (Å²) in [7, 11) is 0. The van der Waals surface area contributed by atoms with Crippen molar-refractivity contribution in [2.24, 2.45) is 0 Å². The Morgan fingerprint density at radius 2 is 1.85 bits per heavy atom. The lowest BCUT2D eigenvalue weighted by atomic mass is 10.1. The van der Waals surface area contributed by atoms with Crippen LogP contribution in [0.15, 0.2) is 73.1 Å². The first-order chi connectivity index (χ1) is 13.2. The lowest BCUT2D eigenvalue weighted by Gasteiger charge is -2.20. The van der Waals surface area contributed by atoms with E-state index >= 15 is 0 Å². The van der Waals surface area contributed by atoms with Gasteiger partial charge in [0.25, 0.3) is 0 Å². The van der Waals surface area contributed by atoms with Crippen LogP contribution in [-0.4, -0.2) is 15.9 Å². The third-order valence-corrected chi connectivity index (χ3v) is 5.19. The van der Waals surface area contributed by atoms with Crippen LogP contribution < -0.4 is 4.90 Å². The second kappa shape index (κ2) is 7.63. The first kappa shape index (κ1) is 17.3. The van der Waals surface area contributed by atoms with Crippen molar-refractivity contribution in [3.8, 4) is 0 Å². The maximum Gasteiger partial charge on any atom is 0.233 e. The lowest BCUT2D eigenvalue weighted by Crippen LogP contribution is -2.31. The second-order valence-corrected chi connectivity index (χ2v) is 7.12. The van der Waals surface area contributed by atoms with Gasteiger partial charge in [0, 0.05) is 18.5 Å². The Bertz CT molecular complexity index is 1070. The molecule has 0 saturated heterocycles. The van der Waals surface area contributed by atoms with Crippen LogP contribution in [0.25, 0.3) is 10.2 Å². The number of halogens is 1. The molecule has 0 atom stereocenters. The first-order valence-corrected chi connectivity index (χ1v) is 9.30. The standard InChI is InChI=1S/C21H16FN3OS/c22-17-8-9-19-18(12-17)24-21(27-19)25(14-16-7-4-10-23-13-16)20(26)11-15-5-2-1-3-6-15/h1-10,12-13H,11,14H2. The van der Waals surface area contributed by atoms with E-state index in [1.54, 1.807) is 23.4 Å². The van der Waals surface area contributed by atoms with Crippen LogP contribution >= 0.6 is 11.3 Å². The summed E-state index contributed by atoms with van der Waals surface area (Å²) < 4.78 is 14.4. The fourth-order valence-electron chi connectivity index (χ4n) is 2.81. The molecule has 0 radical (unpaired) electrons. The van der Waals surface area contributed by atoms with Gasteiger partial charge in [-0.1, -0.05) is 47.7 Å². The molecule has 27 heavy (non-hydrogen) atoms. The zero-order chi connectivity index (χ0) is 18.6. The largest absolute Gasteiger partial charge is 0.283 e. The Balaban J connectivity index is 1.68. The van der Waals surface area contributed by atoms with E-state index in [-0.39, 0.29) is 18.1 Å². The highest BCUT2D eigenvalue weighted by Crippen LogP contribution is 2.30. The minimum atomic E-state index is -0.339. The van der Waals surface area contributed by atoms with Gasteiger partial charge >= 0.3 is 0 Å². The molecule has 4 rings (SSSR count). The minimum absolute atomic E-state index is 0.0652. The fraction of sp³-hybridized carbons (Fsp3) is 0.0952. The van der Waals surface area contributed by atoms with Gasteiger partial charge in [-0.2, -0.15) is 0 Å². The lowest BCUT2D eigenvalue weighted by molar-refractivity contribution is -0.118. The molecule has 2 aromatic carbocycles. The van der Waals surface area contributed by atoms with Gasteiger partial charge in [-0.05, 0) is 29.3 Å². The molecule has 0 spiro atoms. The molecule has 0 aliphatic heterocycles. The van der Waals surface area contributed by atoms with E-state index in [2.05, 4.69) is 9.97 Å². The van der Waals surface area contributed by atoms with Crippen molar-refractivity contribution in [2.75, 3.05) is 4.90 Å². The number of nitrogens with zero attached hydrogens (tertiary/aromatic N) is 3. The summed E-state index contributed by atoms with van der Waals surface area (Å²) >= 11 is 1.38. The molecule has 4 nitrogen and oxygen atoms in total. The van der Waals surface area contributed by atoms with Crippen molar-refractivity contribution in [3.05, 3.63) is 90.0 Å². The summed E-state index contributed by atoms with van der Waals surface area (Å²) in [4.78, 5) is 23.3. The van der Waals surface area contributed by atoms with Gasteiger partial charge in [0.05, 0.1) is 23.2 Å². The molecule has 2 heterocycles.